The zero-order valence-corrected chi connectivity index (χ0v) is 9.91. The number of rotatable bonds is 5. The second-order valence-corrected chi connectivity index (χ2v) is 4.89. The van der Waals surface area contributed by atoms with Gasteiger partial charge in [-0.3, -0.25) is 0 Å². The van der Waals surface area contributed by atoms with Crippen LogP contribution in [-0.4, -0.2) is 42.5 Å². The Morgan fingerprint density at radius 1 is 1.64 bits per heavy atom. The van der Waals surface area contributed by atoms with Crippen molar-refractivity contribution in [2.75, 3.05) is 11.1 Å². The van der Waals surface area contributed by atoms with Gasteiger partial charge in [0, 0.05) is 11.1 Å². The van der Waals surface area contributed by atoms with E-state index in [-0.39, 0.29) is 6.10 Å². The van der Waals surface area contributed by atoms with Crippen LogP contribution in [0.3, 0.4) is 0 Å². The van der Waals surface area contributed by atoms with Gasteiger partial charge in [0.2, 0.25) is 5.16 Å². The van der Waals surface area contributed by atoms with Gasteiger partial charge < -0.3 is 5.11 Å². The lowest BCUT2D eigenvalue weighted by molar-refractivity contribution is 0.226. The minimum absolute atomic E-state index is 0.343. The predicted molar refractivity (Wildman–Crippen MR) is 56.6 cm³/mol. The molecule has 1 N–H and O–H groups in total. The SMILES string of the molecule is OC(CBr)CSc1nnnn1C1CC1. The summed E-state index contributed by atoms with van der Waals surface area (Å²) in [5, 5.41) is 22.2. The molecule has 1 fully saturated rings. The third-order valence-electron chi connectivity index (χ3n) is 1.94. The fourth-order valence-corrected chi connectivity index (χ4v) is 2.45. The Balaban J connectivity index is 1.91. The van der Waals surface area contributed by atoms with E-state index in [1.165, 1.54) is 24.6 Å². The number of nitrogens with zero attached hydrogens (tertiary/aromatic N) is 4. The van der Waals surface area contributed by atoms with E-state index in [2.05, 4.69) is 31.5 Å². The summed E-state index contributed by atoms with van der Waals surface area (Å²) in [6.07, 6.45) is 1.99. The highest BCUT2D eigenvalue weighted by molar-refractivity contribution is 9.09. The largest absolute Gasteiger partial charge is 0.391 e. The van der Waals surface area contributed by atoms with E-state index in [1.54, 1.807) is 0 Å². The molecule has 1 aromatic rings. The van der Waals surface area contributed by atoms with Crippen LogP contribution in [0.5, 0.6) is 0 Å². The zero-order valence-electron chi connectivity index (χ0n) is 7.51. The van der Waals surface area contributed by atoms with Gasteiger partial charge in [-0.25, -0.2) is 4.68 Å². The van der Waals surface area contributed by atoms with Crippen molar-refractivity contribution in [1.82, 2.24) is 20.2 Å². The van der Waals surface area contributed by atoms with Crippen molar-refractivity contribution < 1.29 is 5.11 Å². The fraction of sp³-hybridized carbons (Fsp3) is 0.857. The Bertz CT molecular complexity index is 304. The summed E-state index contributed by atoms with van der Waals surface area (Å²) in [4.78, 5) is 0. The minimum atomic E-state index is -0.343. The lowest BCUT2D eigenvalue weighted by Gasteiger charge is -2.05. The van der Waals surface area contributed by atoms with E-state index in [4.69, 9.17) is 0 Å². The molecule has 0 amide bonds. The molecule has 0 aromatic carbocycles. The third kappa shape index (κ3) is 2.46. The third-order valence-corrected chi connectivity index (χ3v) is 3.76. The first-order valence-corrected chi connectivity index (χ1v) is 6.56. The maximum atomic E-state index is 9.36. The second kappa shape index (κ2) is 4.59. The van der Waals surface area contributed by atoms with Gasteiger partial charge in [-0.15, -0.1) is 5.10 Å². The minimum Gasteiger partial charge on any atom is -0.391 e. The van der Waals surface area contributed by atoms with Crippen molar-refractivity contribution in [3.05, 3.63) is 0 Å². The van der Waals surface area contributed by atoms with Crippen LogP contribution in [0.1, 0.15) is 18.9 Å². The van der Waals surface area contributed by atoms with E-state index >= 15 is 0 Å². The first kappa shape index (κ1) is 10.4. The van der Waals surface area contributed by atoms with Crippen molar-refractivity contribution in [2.24, 2.45) is 0 Å². The van der Waals surface area contributed by atoms with Crippen molar-refractivity contribution in [3.8, 4) is 0 Å². The fourth-order valence-electron chi connectivity index (χ4n) is 1.04. The second-order valence-electron chi connectivity index (χ2n) is 3.26. The standard InChI is InChI=1S/C7H11BrN4OS/c8-3-6(13)4-14-7-9-10-11-12(7)5-1-2-5/h5-6,13H,1-4H2. The van der Waals surface area contributed by atoms with Crippen LogP contribution < -0.4 is 0 Å². The predicted octanol–water partition coefficient (Wildman–Crippen LogP) is 0.856. The summed E-state index contributed by atoms with van der Waals surface area (Å²) in [6, 6.07) is 0.494. The Hall–Kier alpha value is -0.140. The van der Waals surface area contributed by atoms with Crippen LogP contribution in [-0.2, 0) is 0 Å². The number of aliphatic hydroxyl groups is 1. The Kier molecular flexibility index (Phi) is 3.40. The summed E-state index contributed by atoms with van der Waals surface area (Å²) >= 11 is 4.72. The van der Waals surface area contributed by atoms with Crippen LogP contribution in [0.2, 0.25) is 0 Å². The first-order valence-electron chi connectivity index (χ1n) is 4.46. The average Bonchev–Trinajstić information content (AvgIpc) is 2.94. The molecule has 14 heavy (non-hydrogen) atoms. The molecule has 1 atom stereocenters. The Labute approximate surface area is 94.4 Å². The van der Waals surface area contributed by atoms with Gasteiger partial charge in [-0.05, 0) is 23.3 Å². The number of halogens is 1. The molecule has 0 spiro atoms. The van der Waals surface area contributed by atoms with Gasteiger partial charge in [-0.2, -0.15) is 0 Å². The van der Waals surface area contributed by atoms with Gasteiger partial charge in [-0.1, -0.05) is 27.7 Å². The number of hydrogen-bond donors (Lipinski definition) is 1. The topological polar surface area (TPSA) is 63.8 Å². The van der Waals surface area contributed by atoms with Gasteiger partial charge in [0.05, 0.1) is 12.1 Å². The number of tetrazole rings is 1. The number of alkyl halides is 1. The first-order chi connectivity index (χ1) is 6.81. The number of aliphatic hydroxyl groups excluding tert-OH is 1. The van der Waals surface area contributed by atoms with Gasteiger partial charge in [0.1, 0.15) is 0 Å². The molecule has 1 aliphatic carbocycles. The van der Waals surface area contributed by atoms with Crippen LogP contribution in [0.15, 0.2) is 5.16 Å². The molecule has 0 aliphatic heterocycles. The summed E-state index contributed by atoms with van der Waals surface area (Å²) < 4.78 is 1.85. The van der Waals surface area contributed by atoms with Crippen LogP contribution in [0.4, 0.5) is 0 Å². The summed E-state index contributed by atoms with van der Waals surface area (Å²) in [7, 11) is 0. The molecule has 0 bridgehead atoms. The molecule has 1 unspecified atom stereocenters. The number of hydrogen-bond acceptors (Lipinski definition) is 5. The molecule has 78 valence electrons. The number of aromatic nitrogens is 4. The molecule has 7 heteroatoms. The summed E-state index contributed by atoms with van der Waals surface area (Å²) in [5.41, 5.74) is 0. The van der Waals surface area contributed by atoms with Crippen LogP contribution >= 0.6 is 27.7 Å². The molecular formula is C7H11BrN4OS. The molecule has 1 saturated carbocycles. The van der Waals surface area contributed by atoms with E-state index in [1.807, 2.05) is 4.68 Å². The molecule has 1 aliphatic rings. The molecule has 2 rings (SSSR count). The highest BCUT2D eigenvalue weighted by Gasteiger charge is 2.27. The van der Waals surface area contributed by atoms with E-state index < -0.39 is 0 Å². The molecule has 5 nitrogen and oxygen atoms in total. The quantitative estimate of drug-likeness (QED) is 0.639. The van der Waals surface area contributed by atoms with E-state index in [9.17, 15) is 5.11 Å². The van der Waals surface area contributed by atoms with Crippen molar-refractivity contribution in [3.63, 3.8) is 0 Å². The molecule has 1 aromatic heterocycles. The Morgan fingerprint density at radius 2 is 2.43 bits per heavy atom. The summed E-state index contributed by atoms with van der Waals surface area (Å²) in [6.45, 7) is 0. The average molecular weight is 279 g/mol. The van der Waals surface area contributed by atoms with Crippen molar-refractivity contribution in [1.29, 1.82) is 0 Å². The number of thioether (sulfide) groups is 1. The van der Waals surface area contributed by atoms with Crippen molar-refractivity contribution >= 4 is 27.7 Å². The molecule has 0 saturated heterocycles. The normalized spacial score (nSPS) is 18.4. The van der Waals surface area contributed by atoms with E-state index in [0.717, 1.165) is 5.16 Å². The molecule has 1 heterocycles. The maximum Gasteiger partial charge on any atom is 0.209 e. The monoisotopic (exact) mass is 278 g/mol. The summed E-state index contributed by atoms with van der Waals surface area (Å²) in [5.74, 6) is 0.623. The van der Waals surface area contributed by atoms with Gasteiger partial charge >= 0.3 is 0 Å². The smallest absolute Gasteiger partial charge is 0.209 e. The van der Waals surface area contributed by atoms with Crippen LogP contribution in [0.25, 0.3) is 0 Å². The lowest BCUT2D eigenvalue weighted by Crippen LogP contribution is -2.11. The molecular weight excluding hydrogens is 268 g/mol. The highest BCUT2D eigenvalue weighted by atomic mass is 79.9. The van der Waals surface area contributed by atoms with Gasteiger partial charge in [0.25, 0.3) is 0 Å². The van der Waals surface area contributed by atoms with Gasteiger partial charge in [0.15, 0.2) is 0 Å². The highest BCUT2D eigenvalue weighted by Crippen LogP contribution is 2.36. The molecule has 0 radical (unpaired) electrons. The van der Waals surface area contributed by atoms with E-state index in [0.29, 0.717) is 17.1 Å². The zero-order chi connectivity index (χ0) is 9.97. The van der Waals surface area contributed by atoms with Crippen molar-refractivity contribution in [2.45, 2.75) is 30.1 Å². The Morgan fingerprint density at radius 3 is 3.07 bits per heavy atom. The van der Waals surface area contributed by atoms with Crippen LogP contribution in [0, 0.1) is 0 Å². The lowest BCUT2D eigenvalue weighted by atomic mass is 10.5. The maximum absolute atomic E-state index is 9.36.